The summed E-state index contributed by atoms with van der Waals surface area (Å²) >= 11 is 5.98. The van der Waals surface area contributed by atoms with Crippen LogP contribution in [-0.4, -0.2) is 19.6 Å². The van der Waals surface area contributed by atoms with Crippen molar-refractivity contribution in [2.24, 2.45) is 0 Å². The summed E-state index contributed by atoms with van der Waals surface area (Å²) in [7, 11) is 0. The predicted molar refractivity (Wildman–Crippen MR) is 97.3 cm³/mol. The lowest BCUT2D eigenvalue weighted by Gasteiger charge is -2.14. The van der Waals surface area contributed by atoms with E-state index < -0.39 is 0 Å². The average molecular weight is 354 g/mol. The van der Waals surface area contributed by atoms with Crippen LogP contribution in [0.2, 0.25) is 5.02 Å². The fourth-order valence-corrected chi connectivity index (χ4v) is 2.90. The van der Waals surface area contributed by atoms with Crippen LogP contribution in [0.15, 0.2) is 47.1 Å². The van der Waals surface area contributed by atoms with E-state index in [9.17, 15) is 0 Å². The van der Waals surface area contributed by atoms with Crippen molar-refractivity contribution in [3.63, 3.8) is 0 Å². The minimum atomic E-state index is 0.504. The van der Waals surface area contributed by atoms with Crippen LogP contribution in [-0.2, 0) is 6.42 Å². The van der Waals surface area contributed by atoms with Gasteiger partial charge in [-0.25, -0.2) is 4.98 Å². The standard InChI is InChI=1S/C18H16ClN5O/c1-3-14-11(2)20-18-22-16(15-5-4-10-25-15)23-24(18)17(14)21-13-8-6-12(19)7-9-13/h4-10,21H,3H2,1-2H3. The summed E-state index contributed by atoms with van der Waals surface area (Å²) in [5.41, 5.74) is 2.92. The summed E-state index contributed by atoms with van der Waals surface area (Å²) in [6.45, 7) is 4.07. The summed E-state index contributed by atoms with van der Waals surface area (Å²) < 4.78 is 7.13. The maximum atomic E-state index is 5.98. The van der Waals surface area contributed by atoms with Crippen LogP contribution in [0.1, 0.15) is 18.2 Å². The summed E-state index contributed by atoms with van der Waals surface area (Å²) in [5.74, 6) is 2.48. The molecule has 0 aliphatic carbocycles. The topological polar surface area (TPSA) is 68.2 Å². The highest BCUT2D eigenvalue weighted by atomic mass is 35.5. The molecule has 0 fully saturated rings. The molecule has 6 nitrogen and oxygen atoms in total. The molecule has 1 N–H and O–H groups in total. The van der Waals surface area contributed by atoms with Crippen molar-refractivity contribution in [2.75, 3.05) is 5.32 Å². The van der Waals surface area contributed by atoms with Crippen molar-refractivity contribution in [2.45, 2.75) is 20.3 Å². The molecule has 0 aliphatic rings. The second-order valence-electron chi connectivity index (χ2n) is 5.63. The molecule has 126 valence electrons. The summed E-state index contributed by atoms with van der Waals surface area (Å²) in [6.07, 6.45) is 2.42. The molecule has 0 aliphatic heterocycles. The summed E-state index contributed by atoms with van der Waals surface area (Å²) in [5, 5.41) is 8.70. The number of anilines is 2. The fraction of sp³-hybridized carbons (Fsp3) is 0.167. The molecule has 25 heavy (non-hydrogen) atoms. The largest absolute Gasteiger partial charge is 0.461 e. The highest BCUT2D eigenvalue weighted by Crippen LogP contribution is 2.26. The number of rotatable bonds is 4. The molecular formula is C18H16ClN5O. The van der Waals surface area contributed by atoms with E-state index in [1.807, 2.05) is 43.3 Å². The van der Waals surface area contributed by atoms with E-state index in [0.29, 0.717) is 22.4 Å². The maximum Gasteiger partial charge on any atom is 0.255 e. The van der Waals surface area contributed by atoms with E-state index in [0.717, 1.165) is 29.2 Å². The Hall–Kier alpha value is -2.86. The van der Waals surface area contributed by atoms with Crippen LogP contribution in [0.3, 0.4) is 0 Å². The SMILES string of the molecule is CCc1c(C)nc2nc(-c3ccco3)nn2c1Nc1ccc(Cl)cc1. The first kappa shape index (κ1) is 15.7. The molecule has 3 heterocycles. The van der Waals surface area contributed by atoms with E-state index in [2.05, 4.69) is 27.3 Å². The highest BCUT2D eigenvalue weighted by Gasteiger charge is 2.17. The van der Waals surface area contributed by atoms with Gasteiger partial charge in [0.2, 0.25) is 5.82 Å². The molecule has 0 unspecified atom stereocenters. The number of nitrogens with one attached hydrogen (secondary N) is 1. The zero-order chi connectivity index (χ0) is 17.4. The van der Waals surface area contributed by atoms with Crippen molar-refractivity contribution >= 4 is 28.9 Å². The van der Waals surface area contributed by atoms with Gasteiger partial charge in [-0.1, -0.05) is 18.5 Å². The van der Waals surface area contributed by atoms with Gasteiger partial charge in [0.15, 0.2) is 5.76 Å². The number of halogens is 1. The minimum Gasteiger partial charge on any atom is -0.461 e. The van der Waals surface area contributed by atoms with Crippen LogP contribution in [0.4, 0.5) is 11.5 Å². The lowest BCUT2D eigenvalue weighted by Crippen LogP contribution is -2.08. The van der Waals surface area contributed by atoms with Crippen LogP contribution < -0.4 is 5.32 Å². The van der Waals surface area contributed by atoms with Gasteiger partial charge < -0.3 is 9.73 Å². The van der Waals surface area contributed by atoms with Crippen LogP contribution >= 0.6 is 11.6 Å². The maximum absolute atomic E-state index is 5.98. The molecule has 3 aromatic heterocycles. The number of benzene rings is 1. The molecule has 0 atom stereocenters. The number of hydrogen-bond donors (Lipinski definition) is 1. The van der Waals surface area contributed by atoms with Gasteiger partial charge >= 0.3 is 0 Å². The van der Waals surface area contributed by atoms with Gasteiger partial charge in [0, 0.05) is 22.0 Å². The van der Waals surface area contributed by atoms with E-state index >= 15 is 0 Å². The molecule has 4 rings (SSSR count). The van der Waals surface area contributed by atoms with Crippen molar-refractivity contribution in [3.05, 3.63) is 58.9 Å². The lowest BCUT2D eigenvalue weighted by molar-refractivity contribution is 0.577. The Labute approximate surface area is 149 Å². The number of furan rings is 1. The Bertz CT molecular complexity index is 1020. The predicted octanol–water partition coefficient (Wildman–Crippen LogP) is 4.65. The fourth-order valence-electron chi connectivity index (χ4n) is 2.77. The molecule has 7 heteroatoms. The van der Waals surface area contributed by atoms with Gasteiger partial charge in [-0.3, -0.25) is 0 Å². The Morgan fingerprint density at radius 1 is 1.16 bits per heavy atom. The molecular weight excluding hydrogens is 338 g/mol. The first-order valence-electron chi connectivity index (χ1n) is 7.98. The smallest absolute Gasteiger partial charge is 0.255 e. The van der Waals surface area contributed by atoms with Crippen molar-refractivity contribution in [3.8, 4) is 11.6 Å². The van der Waals surface area contributed by atoms with Gasteiger partial charge in [0.05, 0.1) is 6.26 Å². The highest BCUT2D eigenvalue weighted by molar-refractivity contribution is 6.30. The van der Waals surface area contributed by atoms with E-state index in [1.54, 1.807) is 10.8 Å². The van der Waals surface area contributed by atoms with Gasteiger partial charge in [-0.15, -0.1) is 5.10 Å². The number of aryl methyl sites for hydroxylation is 1. The molecule has 0 saturated carbocycles. The Kier molecular flexibility index (Phi) is 3.89. The van der Waals surface area contributed by atoms with Crippen molar-refractivity contribution in [1.29, 1.82) is 0 Å². The molecule has 1 aromatic carbocycles. The van der Waals surface area contributed by atoms with E-state index in [-0.39, 0.29) is 0 Å². The Morgan fingerprint density at radius 3 is 2.64 bits per heavy atom. The molecule has 0 saturated heterocycles. The first-order chi connectivity index (χ1) is 12.2. The van der Waals surface area contributed by atoms with Crippen LogP contribution in [0.5, 0.6) is 0 Å². The van der Waals surface area contributed by atoms with Gasteiger partial charge in [-0.05, 0) is 49.7 Å². The van der Waals surface area contributed by atoms with E-state index in [4.69, 9.17) is 16.0 Å². The third kappa shape index (κ3) is 2.85. The summed E-state index contributed by atoms with van der Waals surface area (Å²) in [4.78, 5) is 9.07. The Morgan fingerprint density at radius 2 is 1.96 bits per heavy atom. The lowest BCUT2D eigenvalue weighted by atomic mass is 10.1. The molecule has 0 spiro atoms. The van der Waals surface area contributed by atoms with Crippen molar-refractivity contribution in [1.82, 2.24) is 19.6 Å². The number of nitrogens with zero attached hydrogens (tertiary/aromatic N) is 4. The monoisotopic (exact) mass is 353 g/mol. The first-order valence-corrected chi connectivity index (χ1v) is 8.36. The zero-order valence-electron chi connectivity index (χ0n) is 13.8. The average Bonchev–Trinajstić information content (AvgIpc) is 3.26. The van der Waals surface area contributed by atoms with Gasteiger partial charge in [-0.2, -0.15) is 9.50 Å². The quantitative estimate of drug-likeness (QED) is 0.578. The van der Waals surface area contributed by atoms with Crippen molar-refractivity contribution < 1.29 is 4.42 Å². The number of aromatic nitrogens is 4. The molecule has 4 aromatic rings. The Balaban J connectivity index is 1.88. The molecule has 0 bridgehead atoms. The molecule has 0 amide bonds. The normalized spacial score (nSPS) is 11.2. The van der Waals surface area contributed by atoms with Gasteiger partial charge in [0.25, 0.3) is 5.78 Å². The van der Waals surface area contributed by atoms with E-state index in [1.165, 1.54) is 0 Å². The van der Waals surface area contributed by atoms with Crippen LogP contribution in [0.25, 0.3) is 17.4 Å². The molecule has 0 radical (unpaired) electrons. The number of fused-ring (bicyclic) bond motifs is 1. The second kappa shape index (κ2) is 6.22. The summed E-state index contributed by atoms with van der Waals surface area (Å²) in [6, 6.07) is 11.2. The van der Waals surface area contributed by atoms with Crippen LogP contribution in [0, 0.1) is 6.92 Å². The third-order valence-corrected chi connectivity index (χ3v) is 4.25. The van der Waals surface area contributed by atoms with Gasteiger partial charge in [0.1, 0.15) is 5.82 Å². The second-order valence-corrected chi connectivity index (χ2v) is 6.07. The third-order valence-electron chi connectivity index (χ3n) is 3.99. The minimum absolute atomic E-state index is 0.504. The number of hydrogen-bond acceptors (Lipinski definition) is 5. The zero-order valence-corrected chi connectivity index (χ0v) is 14.6.